The fourth-order valence-electron chi connectivity index (χ4n) is 5.76. The van der Waals surface area contributed by atoms with Crippen molar-refractivity contribution in [1.29, 1.82) is 5.26 Å². The topological polar surface area (TPSA) is 127 Å². The lowest BCUT2D eigenvalue weighted by Crippen LogP contribution is -2.27. The van der Waals surface area contributed by atoms with Gasteiger partial charge in [-0.1, -0.05) is 13.0 Å². The van der Waals surface area contributed by atoms with Gasteiger partial charge in [0.15, 0.2) is 0 Å². The number of carbonyl (C=O) groups is 2. The molecule has 3 atom stereocenters. The van der Waals surface area contributed by atoms with Gasteiger partial charge in [0, 0.05) is 35.6 Å². The van der Waals surface area contributed by atoms with Gasteiger partial charge in [0.1, 0.15) is 5.75 Å². The smallest absolute Gasteiger partial charge is 0.305 e. The number of nitriles is 1. The minimum absolute atomic E-state index is 0.0916. The molecule has 0 radical (unpaired) electrons. The second-order valence-electron chi connectivity index (χ2n) is 9.87. The monoisotopic (exact) mass is 514 g/mol. The van der Waals surface area contributed by atoms with Crippen LogP contribution in [0.2, 0.25) is 0 Å². The van der Waals surface area contributed by atoms with Crippen LogP contribution >= 0.6 is 0 Å². The summed E-state index contributed by atoms with van der Waals surface area (Å²) in [7, 11) is 0. The number of aromatic nitrogens is 2. The summed E-state index contributed by atoms with van der Waals surface area (Å²) >= 11 is 0. The lowest BCUT2D eigenvalue weighted by Gasteiger charge is -2.28. The van der Waals surface area contributed by atoms with E-state index in [1.54, 1.807) is 26.0 Å². The van der Waals surface area contributed by atoms with Crippen LogP contribution in [-0.2, 0) is 26.2 Å². The number of amides is 1. The summed E-state index contributed by atoms with van der Waals surface area (Å²) in [5, 5.41) is 20.6. The highest BCUT2D eigenvalue weighted by molar-refractivity contribution is 5.97. The molecule has 1 aromatic heterocycles. The van der Waals surface area contributed by atoms with Crippen LogP contribution in [0.1, 0.15) is 55.7 Å². The third-order valence-electron chi connectivity index (χ3n) is 7.70. The standard InChI is InChI=1S/C29H30N4O5/c1-4-36-25(34)7-5-6-20-9-8-19(16-30)14-23(20)31-27(35)26-17(2)29(26)12-13-37-24-11-10-21(15-22(24)29)28-33-32-18(3)38-28/h8-11,14-15,17,26H,4-7,12-13H2,1-3H3,(H,31,35)/t17?,26?,29-/m0/s1. The molecule has 1 amide bonds. The zero-order valence-corrected chi connectivity index (χ0v) is 21.7. The van der Waals surface area contributed by atoms with E-state index in [9.17, 15) is 14.9 Å². The van der Waals surface area contributed by atoms with Crippen molar-refractivity contribution in [3.8, 4) is 23.3 Å². The number of rotatable bonds is 8. The fraction of sp³-hybridized carbons (Fsp3) is 0.414. The average molecular weight is 515 g/mol. The molecule has 9 heteroatoms. The van der Waals surface area contributed by atoms with Crippen molar-refractivity contribution in [2.24, 2.45) is 11.8 Å². The highest BCUT2D eigenvalue weighted by Crippen LogP contribution is 2.65. The van der Waals surface area contributed by atoms with E-state index in [0.717, 1.165) is 28.9 Å². The van der Waals surface area contributed by atoms with Crippen molar-refractivity contribution < 1.29 is 23.5 Å². The summed E-state index contributed by atoms with van der Waals surface area (Å²) < 4.78 is 16.6. The Balaban J connectivity index is 1.38. The van der Waals surface area contributed by atoms with Gasteiger partial charge in [0.2, 0.25) is 17.7 Å². The Labute approximate surface area is 221 Å². The molecular formula is C29H30N4O5. The molecule has 0 saturated heterocycles. The van der Waals surface area contributed by atoms with Crippen LogP contribution < -0.4 is 10.1 Å². The number of aryl methyl sites for hydroxylation is 2. The summed E-state index contributed by atoms with van der Waals surface area (Å²) in [6, 6.07) is 13.2. The number of hydrogen-bond donors (Lipinski definition) is 1. The average Bonchev–Trinajstić information content (AvgIpc) is 3.24. The molecule has 3 aromatic rings. The Morgan fingerprint density at radius 1 is 1.24 bits per heavy atom. The summed E-state index contributed by atoms with van der Waals surface area (Å²) in [5.74, 6) is 1.18. The van der Waals surface area contributed by atoms with E-state index >= 15 is 0 Å². The van der Waals surface area contributed by atoms with E-state index in [1.165, 1.54) is 0 Å². The second kappa shape index (κ2) is 10.3. The number of carbonyl (C=O) groups excluding carboxylic acids is 2. The van der Waals surface area contributed by atoms with Crippen LogP contribution in [-0.4, -0.2) is 35.3 Å². The van der Waals surface area contributed by atoms with Crippen LogP contribution in [0.3, 0.4) is 0 Å². The van der Waals surface area contributed by atoms with Gasteiger partial charge in [-0.3, -0.25) is 9.59 Å². The molecule has 1 N–H and O–H groups in total. The predicted octanol–water partition coefficient (Wildman–Crippen LogP) is 4.73. The SMILES string of the molecule is CCOC(=O)CCCc1ccc(C#N)cc1NC(=O)C1C(C)[C@]12CCOc1ccc(-c3nnc(C)o3)cc12. The first-order valence-electron chi connectivity index (χ1n) is 12.9. The lowest BCUT2D eigenvalue weighted by atomic mass is 9.85. The fourth-order valence-corrected chi connectivity index (χ4v) is 5.76. The maximum Gasteiger partial charge on any atom is 0.305 e. The normalized spacial score (nSPS) is 21.2. The van der Waals surface area contributed by atoms with E-state index in [4.69, 9.17) is 13.9 Å². The van der Waals surface area contributed by atoms with Crippen molar-refractivity contribution >= 4 is 17.6 Å². The molecule has 1 aliphatic carbocycles. The molecular weight excluding hydrogens is 484 g/mol. The molecule has 1 spiro atoms. The van der Waals surface area contributed by atoms with Crippen LogP contribution in [0.15, 0.2) is 40.8 Å². The zero-order chi connectivity index (χ0) is 26.9. The molecule has 0 bridgehead atoms. The molecule has 5 rings (SSSR count). The summed E-state index contributed by atoms with van der Waals surface area (Å²) in [6.07, 6.45) is 2.17. The molecule has 2 aliphatic rings. The van der Waals surface area contributed by atoms with Gasteiger partial charge in [-0.2, -0.15) is 5.26 Å². The quantitative estimate of drug-likeness (QED) is 0.428. The molecule has 1 fully saturated rings. The number of esters is 1. The Bertz CT molecular complexity index is 1420. The number of nitrogens with zero attached hydrogens (tertiary/aromatic N) is 3. The predicted molar refractivity (Wildman–Crippen MR) is 138 cm³/mol. The van der Waals surface area contributed by atoms with E-state index in [0.29, 0.717) is 55.5 Å². The molecule has 38 heavy (non-hydrogen) atoms. The molecule has 1 aliphatic heterocycles. The number of benzene rings is 2. The van der Waals surface area contributed by atoms with Gasteiger partial charge in [0.25, 0.3) is 0 Å². The van der Waals surface area contributed by atoms with Crippen molar-refractivity contribution in [1.82, 2.24) is 10.2 Å². The van der Waals surface area contributed by atoms with Gasteiger partial charge in [-0.05, 0) is 68.0 Å². The van der Waals surface area contributed by atoms with Crippen LogP contribution in [0, 0.1) is 30.1 Å². The van der Waals surface area contributed by atoms with Crippen LogP contribution in [0.25, 0.3) is 11.5 Å². The third-order valence-corrected chi connectivity index (χ3v) is 7.70. The molecule has 2 aromatic carbocycles. The minimum Gasteiger partial charge on any atom is -0.493 e. The maximum atomic E-state index is 13.7. The van der Waals surface area contributed by atoms with Crippen molar-refractivity contribution in [2.75, 3.05) is 18.5 Å². The van der Waals surface area contributed by atoms with E-state index in [2.05, 4.69) is 28.5 Å². The van der Waals surface area contributed by atoms with Gasteiger partial charge < -0.3 is 19.2 Å². The summed E-state index contributed by atoms with van der Waals surface area (Å²) in [5.41, 5.74) is 3.35. The molecule has 2 heterocycles. The Morgan fingerprint density at radius 3 is 2.82 bits per heavy atom. The highest BCUT2D eigenvalue weighted by Gasteiger charge is 2.67. The summed E-state index contributed by atoms with van der Waals surface area (Å²) in [4.78, 5) is 25.5. The highest BCUT2D eigenvalue weighted by atomic mass is 16.5. The number of fused-ring (bicyclic) bond motifs is 2. The number of ether oxygens (including phenoxy) is 2. The summed E-state index contributed by atoms with van der Waals surface area (Å²) in [6.45, 7) is 6.50. The van der Waals surface area contributed by atoms with Gasteiger partial charge in [-0.25, -0.2) is 0 Å². The lowest BCUT2D eigenvalue weighted by molar-refractivity contribution is -0.143. The largest absolute Gasteiger partial charge is 0.493 e. The molecule has 1 saturated carbocycles. The maximum absolute atomic E-state index is 13.7. The minimum atomic E-state index is -0.361. The Hall–Kier alpha value is -4.19. The number of anilines is 1. The first kappa shape index (κ1) is 25.5. The second-order valence-corrected chi connectivity index (χ2v) is 9.87. The molecule has 196 valence electrons. The Morgan fingerprint density at radius 2 is 2.08 bits per heavy atom. The third kappa shape index (κ3) is 4.62. The van der Waals surface area contributed by atoms with Crippen LogP contribution in [0.4, 0.5) is 5.69 Å². The molecule has 2 unspecified atom stereocenters. The first-order chi connectivity index (χ1) is 18.4. The van der Waals surface area contributed by atoms with Gasteiger partial charge in [0.05, 0.1) is 30.8 Å². The van der Waals surface area contributed by atoms with E-state index in [-0.39, 0.29) is 29.1 Å². The van der Waals surface area contributed by atoms with Gasteiger partial charge >= 0.3 is 5.97 Å². The zero-order valence-electron chi connectivity index (χ0n) is 21.7. The van der Waals surface area contributed by atoms with Crippen molar-refractivity contribution in [2.45, 2.75) is 51.9 Å². The van der Waals surface area contributed by atoms with E-state index < -0.39 is 0 Å². The van der Waals surface area contributed by atoms with E-state index in [1.807, 2.05) is 24.3 Å². The van der Waals surface area contributed by atoms with Crippen LogP contribution in [0.5, 0.6) is 5.75 Å². The Kier molecular flexibility index (Phi) is 6.89. The molecule has 9 nitrogen and oxygen atoms in total. The van der Waals surface area contributed by atoms with Gasteiger partial charge in [-0.15, -0.1) is 10.2 Å². The number of hydrogen-bond acceptors (Lipinski definition) is 8. The van der Waals surface area contributed by atoms with Crippen molar-refractivity contribution in [3.05, 3.63) is 59.0 Å². The van der Waals surface area contributed by atoms with Crippen molar-refractivity contribution in [3.63, 3.8) is 0 Å². The first-order valence-corrected chi connectivity index (χ1v) is 12.9. The number of nitrogens with one attached hydrogen (secondary N) is 1.